The number of nitrogens with zero attached hydrogens (tertiary/aromatic N) is 1. The zero-order valence-electron chi connectivity index (χ0n) is 10.2. The van der Waals surface area contributed by atoms with E-state index in [4.69, 9.17) is 16.3 Å². The van der Waals surface area contributed by atoms with Crippen molar-refractivity contribution in [3.8, 4) is 0 Å². The predicted molar refractivity (Wildman–Crippen MR) is 70.5 cm³/mol. The van der Waals surface area contributed by atoms with Gasteiger partial charge in [-0.2, -0.15) is 0 Å². The average Bonchev–Trinajstić information content (AvgIpc) is 2.97. The minimum Gasteiger partial charge on any atom is -0.465 e. The molecular formula is C11H15ClN2O3S. The highest BCUT2D eigenvalue weighted by Gasteiger charge is 2.24. The topological polar surface area (TPSA) is 60.5 Å². The van der Waals surface area contributed by atoms with E-state index in [0.717, 1.165) is 19.6 Å². The second kappa shape index (κ2) is 5.86. The van der Waals surface area contributed by atoms with E-state index in [-0.39, 0.29) is 11.2 Å². The van der Waals surface area contributed by atoms with Crippen LogP contribution < -0.4 is 5.32 Å². The molecule has 0 radical (unpaired) electrons. The van der Waals surface area contributed by atoms with Crippen molar-refractivity contribution in [2.45, 2.75) is 19.4 Å². The average molecular weight is 291 g/mol. The van der Waals surface area contributed by atoms with E-state index in [1.54, 1.807) is 0 Å². The first kappa shape index (κ1) is 13.6. The summed E-state index contributed by atoms with van der Waals surface area (Å²) in [6, 6.07) is 0.236. The van der Waals surface area contributed by atoms with E-state index >= 15 is 0 Å². The van der Waals surface area contributed by atoms with Crippen molar-refractivity contribution >= 4 is 34.0 Å². The van der Waals surface area contributed by atoms with Gasteiger partial charge in [0.1, 0.15) is 0 Å². The van der Waals surface area contributed by atoms with Crippen LogP contribution in [0.5, 0.6) is 0 Å². The molecule has 1 fully saturated rings. The quantitative estimate of drug-likeness (QED) is 0.863. The van der Waals surface area contributed by atoms with Gasteiger partial charge >= 0.3 is 5.97 Å². The maximum Gasteiger partial charge on any atom is 0.351 e. The van der Waals surface area contributed by atoms with Crippen LogP contribution in [0.1, 0.15) is 23.0 Å². The maximum absolute atomic E-state index is 11.4. The summed E-state index contributed by atoms with van der Waals surface area (Å²) in [5.74, 6) is 0.0108. The highest BCUT2D eigenvalue weighted by molar-refractivity contribution is 7.18. The van der Waals surface area contributed by atoms with Crippen LogP contribution in [0, 0.1) is 5.92 Å². The molecular weight excluding hydrogens is 276 g/mol. The van der Waals surface area contributed by atoms with E-state index in [0.29, 0.717) is 15.9 Å². The van der Waals surface area contributed by atoms with Crippen LogP contribution in [0.15, 0.2) is 0 Å². The third-order valence-electron chi connectivity index (χ3n) is 2.98. The minimum absolute atomic E-state index is 0.184. The number of carbonyl (C=O) groups excluding carboxylic acids is 1. The standard InChI is InChI=1S/C11H15ClN2O3S/c1-6(7-3-4-17-5-7)13-11-14-9(12)8(18-11)10(15)16-2/h6-7H,3-5H2,1-2H3,(H,13,14). The van der Waals surface area contributed by atoms with Crippen LogP contribution in [-0.4, -0.2) is 37.3 Å². The molecule has 1 N–H and O–H groups in total. The van der Waals surface area contributed by atoms with Gasteiger partial charge in [0, 0.05) is 18.6 Å². The summed E-state index contributed by atoms with van der Waals surface area (Å²) in [6.45, 7) is 3.65. The molecule has 100 valence electrons. The Morgan fingerprint density at radius 3 is 3.11 bits per heavy atom. The van der Waals surface area contributed by atoms with E-state index in [1.807, 2.05) is 0 Å². The van der Waals surface area contributed by atoms with Crippen molar-refractivity contribution < 1.29 is 14.3 Å². The number of esters is 1. The molecule has 1 saturated heterocycles. The third-order valence-corrected chi connectivity index (χ3v) is 4.33. The maximum atomic E-state index is 11.4. The second-order valence-electron chi connectivity index (χ2n) is 4.19. The van der Waals surface area contributed by atoms with Crippen molar-refractivity contribution in [3.05, 3.63) is 10.0 Å². The molecule has 2 rings (SSSR count). The minimum atomic E-state index is -0.456. The molecule has 1 aliphatic heterocycles. The number of carbonyl (C=O) groups is 1. The van der Waals surface area contributed by atoms with Gasteiger partial charge in [0.05, 0.1) is 13.7 Å². The van der Waals surface area contributed by atoms with Crippen LogP contribution in [-0.2, 0) is 9.47 Å². The Bertz CT molecular complexity index is 432. The number of methoxy groups -OCH3 is 1. The number of ether oxygens (including phenoxy) is 2. The number of anilines is 1. The van der Waals surface area contributed by atoms with Crippen LogP contribution in [0.25, 0.3) is 0 Å². The molecule has 1 aromatic heterocycles. The Hall–Kier alpha value is -0.850. The van der Waals surface area contributed by atoms with Gasteiger partial charge < -0.3 is 14.8 Å². The van der Waals surface area contributed by atoms with Crippen LogP contribution in [0.3, 0.4) is 0 Å². The molecule has 0 spiro atoms. The van der Waals surface area contributed by atoms with Crippen molar-refractivity contribution in [2.24, 2.45) is 5.92 Å². The largest absolute Gasteiger partial charge is 0.465 e. The lowest BCUT2D eigenvalue weighted by molar-refractivity contribution is 0.0606. The monoisotopic (exact) mass is 290 g/mol. The Labute approximate surface area is 114 Å². The lowest BCUT2D eigenvalue weighted by Crippen LogP contribution is -2.25. The highest BCUT2D eigenvalue weighted by atomic mass is 35.5. The number of nitrogens with one attached hydrogen (secondary N) is 1. The second-order valence-corrected chi connectivity index (χ2v) is 5.54. The summed E-state index contributed by atoms with van der Waals surface area (Å²) >= 11 is 7.11. The first-order chi connectivity index (χ1) is 8.61. The van der Waals surface area contributed by atoms with E-state index in [2.05, 4.69) is 22.0 Å². The van der Waals surface area contributed by atoms with Crippen LogP contribution in [0.2, 0.25) is 5.15 Å². The number of aromatic nitrogens is 1. The van der Waals surface area contributed by atoms with Gasteiger partial charge in [-0.25, -0.2) is 9.78 Å². The summed E-state index contributed by atoms with van der Waals surface area (Å²) in [5.41, 5.74) is 0. The molecule has 2 atom stereocenters. The summed E-state index contributed by atoms with van der Waals surface area (Å²) in [4.78, 5) is 15.9. The Morgan fingerprint density at radius 2 is 2.50 bits per heavy atom. The van der Waals surface area contributed by atoms with Gasteiger partial charge in [-0.1, -0.05) is 22.9 Å². The summed E-state index contributed by atoms with van der Waals surface area (Å²) in [7, 11) is 1.32. The van der Waals surface area contributed by atoms with E-state index in [9.17, 15) is 4.79 Å². The van der Waals surface area contributed by atoms with Crippen molar-refractivity contribution in [2.75, 3.05) is 25.6 Å². The van der Waals surface area contributed by atoms with Crippen LogP contribution >= 0.6 is 22.9 Å². The Balaban J connectivity index is 2.03. The van der Waals surface area contributed by atoms with Gasteiger partial charge in [-0.3, -0.25) is 0 Å². The van der Waals surface area contributed by atoms with Gasteiger partial charge in [0.2, 0.25) is 0 Å². The summed E-state index contributed by atoms with van der Waals surface area (Å²) < 4.78 is 9.98. The predicted octanol–water partition coefficient (Wildman–Crippen LogP) is 2.42. The molecule has 0 saturated carbocycles. The van der Waals surface area contributed by atoms with Crippen molar-refractivity contribution in [1.29, 1.82) is 0 Å². The number of hydrogen-bond acceptors (Lipinski definition) is 6. The fraction of sp³-hybridized carbons (Fsp3) is 0.636. The van der Waals surface area contributed by atoms with Crippen molar-refractivity contribution in [1.82, 2.24) is 4.98 Å². The molecule has 2 heterocycles. The third kappa shape index (κ3) is 2.93. The van der Waals surface area contributed by atoms with Gasteiger partial charge in [-0.15, -0.1) is 0 Å². The lowest BCUT2D eigenvalue weighted by atomic mass is 10.0. The molecule has 1 aromatic rings. The molecule has 1 aliphatic rings. The molecule has 18 heavy (non-hydrogen) atoms. The molecule has 0 bridgehead atoms. The first-order valence-electron chi connectivity index (χ1n) is 5.70. The molecule has 0 aromatic carbocycles. The smallest absolute Gasteiger partial charge is 0.351 e. The van der Waals surface area contributed by atoms with Gasteiger partial charge in [-0.05, 0) is 13.3 Å². The zero-order chi connectivity index (χ0) is 13.1. The fourth-order valence-corrected chi connectivity index (χ4v) is 3.04. The molecule has 0 aliphatic carbocycles. The van der Waals surface area contributed by atoms with Gasteiger partial charge in [0.25, 0.3) is 0 Å². The highest BCUT2D eigenvalue weighted by Crippen LogP contribution is 2.29. The SMILES string of the molecule is COC(=O)c1sc(NC(C)C2CCOC2)nc1Cl. The summed E-state index contributed by atoms with van der Waals surface area (Å²) in [5, 5.41) is 4.08. The molecule has 5 nitrogen and oxygen atoms in total. The Kier molecular flexibility index (Phi) is 4.42. The van der Waals surface area contributed by atoms with Crippen LogP contribution in [0.4, 0.5) is 5.13 Å². The van der Waals surface area contributed by atoms with E-state index < -0.39 is 5.97 Å². The Morgan fingerprint density at radius 1 is 1.72 bits per heavy atom. The fourth-order valence-electron chi connectivity index (χ4n) is 1.84. The lowest BCUT2D eigenvalue weighted by Gasteiger charge is -2.18. The number of rotatable bonds is 4. The molecule has 2 unspecified atom stereocenters. The number of thiazole rings is 1. The van der Waals surface area contributed by atoms with E-state index in [1.165, 1.54) is 18.4 Å². The molecule has 7 heteroatoms. The van der Waals surface area contributed by atoms with Gasteiger partial charge in [0.15, 0.2) is 15.2 Å². The zero-order valence-corrected chi connectivity index (χ0v) is 11.8. The first-order valence-corrected chi connectivity index (χ1v) is 6.90. The number of halogens is 1. The summed E-state index contributed by atoms with van der Waals surface area (Å²) in [6.07, 6.45) is 1.04. The van der Waals surface area contributed by atoms with Crippen molar-refractivity contribution in [3.63, 3.8) is 0 Å². The normalized spacial score (nSPS) is 20.7. The number of hydrogen-bond donors (Lipinski definition) is 1. The molecule has 0 amide bonds.